The lowest BCUT2D eigenvalue weighted by molar-refractivity contribution is -0.119. The van der Waals surface area contributed by atoms with E-state index in [2.05, 4.69) is 10.3 Å². The number of hydrogen-bond acceptors (Lipinski definition) is 8. The monoisotopic (exact) mass is 456 g/mol. The van der Waals surface area contributed by atoms with Crippen molar-refractivity contribution in [2.24, 2.45) is 0 Å². The van der Waals surface area contributed by atoms with Gasteiger partial charge in [-0.15, -0.1) is 11.3 Å². The molecule has 1 N–H and O–H groups in total. The molecule has 3 aromatic rings. The van der Waals surface area contributed by atoms with E-state index in [1.54, 1.807) is 19.1 Å². The molecule has 168 valence electrons. The highest BCUT2D eigenvalue weighted by Crippen LogP contribution is 2.37. The SMILES string of the molecule is CCOC(=O)c1c(NC(=O)COC(=O)c2ccc3ncoc3c2)sc2c1CCCCCC2. The van der Waals surface area contributed by atoms with Crippen molar-refractivity contribution in [3.8, 4) is 0 Å². The van der Waals surface area contributed by atoms with Crippen molar-refractivity contribution in [2.75, 3.05) is 18.5 Å². The number of fused-ring (bicyclic) bond motifs is 2. The van der Waals surface area contributed by atoms with Gasteiger partial charge in [0, 0.05) is 4.88 Å². The Bertz CT molecular complexity index is 1150. The average molecular weight is 457 g/mol. The van der Waals surface area contributed by atoms with Crippen LogP contribution in [-0.4, -0.2) is 36.0 Å². The van der Waals surface area contributed by atoms with Crippen LogP contribution in [0.1, 0.15) is 63.8 Å². The standard InChI is InChI=1S/C23H24N2O6S/c1-2-29-23(28)20-15-7-5-3-4-6-8-18(15)32-21(20)25-19(26)12-30-22(27)14-9-10-16-17(11-14)31-13-24-16/h9-11,13H,2-8,12H2,1H3,(H,25,26). The van der Waals surface area contributed by atoms with Gasteiger partial charge in [-0.1, -0.05) is 12.8 Å². The number of thiophene rings is 1. The fourth-order valence-electron chi connectivity index (χ4n) is 3.79. The number of carbonyl (C=O) groups is 3. The van der Waals surface area contributed by atoms with Crippen LogP contribution in [0.25, 0.3) is 11.1 Å². The summed E-state index contributed by atoms with van der Waals surface area (Å²) in [4.78, 5) is 42.6. The maximum atomic E-state index is 12.6. The Kier molecular flexibility index (Phi) is 6.84. The second kappa shape index (κ2) is 9.95. The van der Waals surface area contributed by atoms with Gasteiger partial charge < -0.3 is 19.2 Å². The smallest absolute Gasteiger partial charge is 0.341 e. The van der Waals surface area contributed by atoms with Crippen molar-refractivity contribution < 1.29 is 28.3 Å². The Morgan fingerprint density at radius 1 is 1.09 bits per heavy atom. The van der Waals surface area contributed by atoms with Crippen molar-refractivity contribution >= 4 is 45.3 Å². The van der Waals surface area contributed by atoms with Gasteiger partial charge in [0.25, 0.3) is 5.91 Å². The molecule has 1 aliphatic rings. The van der Waals surface area contributed by atoms with E-state index in [9.17, 15) is 14.4 Å². The van der Waals surface area contributed by atoms with Gasteiger partial charge in [0.2, 0.25) is 0 Å². The fourth-order valence-corrected chi connectivity index (χ4v) is 5.08. The maximum absolute atomic E-state index is 12.6. The van der Waals surface area contributed by atoms with E-state index in [1.807, 2.05) is 0 Å². The highest BCUT2D eigenvalue weighted by Gasteiger charge is 2.26. The molecule has 0 fully saturated rings. The minimum absolute atomic E-state index is 0.254. The van der Waals surface area contributed by atoms with Gasteiger partial charge in [-0.05, 0) is 56.4 Å². The van der Waals surface area contributed by atoms with Gasteiger partial charge in [0.1, 0.15) is 10.5 Å². The molecule has 0 bridgehead atoms. The number of aromatic nitrogens is 1. The second-order valence-electron chi connectivity index (χ2n) is 7.50. The molecule has 0 saturated heterocycles. The molecule has 1 aromatic carbocycles. The third kappa shape index (κ3) is 4.83. The zero-order valence-electron chi connectivity index (χ0n) is 17.8. The second-order valence-corrected chi connectivity index (χ2v) is 8.61. The van der Waals surface area contributed by atoms with Crippen LogP contribution in [0.15, 0.2) is 29.0 Å². The normalized spacial score (nSPS) is 13.7. The number of hydrogen-bond donors (Lipinski definition) is 1. The van der Waals surface area contributed by atoms with Crippen LogP contribution in [-0.2, 0) is 27.1 Å². The molecule has 0 spiro atoms. The summed E-state index contributed by atoms with van der Waals surface area (Å²) in [6.07, 6.45) is 7.28. The molecule has 0 unspecified atom stereocenters. The first-order chi connectivity index (χ1) is 15.6. The Morgan fingerprint density at radius 3 is 2.72 bits per heavy atom. The number of anilines is 1. The lowest BCUT2D eigenvalue weighted by Crippen LogP contribution is -2.22. The third-order valence-electron chi connectivity index (χ3n) is 5.31. The van der Waals surface area contributed by atoms with E-state index in [-0.39, 0.29) is 12.2 Å². The van der Waals surface area contributed by atoms with E-state index in [1.165, 1.54) is 23.8 Å². The summed E-state index contributed by atoms with van der Waals surface area (Å²) in [7, 11) is 0. The number of esters is 2. The number of ether oxygens (including phenoxy) is 2. The first-order valence-corrected chi connectivity index (χ1v) is 11.5. The number of amides is 1. The predicted molar refractivity (Wildman–Crippen MR) is 119 cm³/mol. The molecular formula is C23H24N2O6S. The van der Waals surface area contributed by atoms with Gasteiger partial charge in [-0.25, -0.2) is 14.6 Å². The Morgan fingerprint density at radius 2 is 1.91 bits per heavy atom. The van der Waals surface area contributed by atoms with Crippen molar-refractivity contribution in [3.63, 3.8) is 0 Å². The van der Waals surface area contributed by atoms with Crippen LogP contribution in [0.4, 0.5) is 5.00 Å². The van der Waals surface area contributed by atoms with E-state index in [0.717, 1.165) is 49.0 Å². The summed E-state index contributed by atoms with van der Waals surface area (Å²) in [6, 6.07) is 4.71. The highest BCUT2D eigenvalue weighted by molar-refractivity contribution is 7.17. The molecule has 1 amide bonds. The van der Waals surface area contributed by atoms with Crippen molar-refractivity contribution in [1.82, 2.24) is 4.98 Å². The number of nitrogens with one attached hydrogen (secondary N) is 1. The summed E-state index contributed by atoms with van der Waals surface area (Å²) < 4.78 is 15.6. The van der Waals surface area contributed by atoms with Crippen LogP contribution in [0.3, 0.4) is 0 Å². The van der Waals surface area contributed by atoms with E-state index >= 15 is 0 Å². The zero-order valence-corrected chi connectivity index (χ0v) is 18.6. The minimum atomic E-state index is -0.650. The zero-order chi connectivity index (χ0) is 22.5. The minimum Gasteiger partial charge on any atom is -0.462 e. The number of rotatable bonds is 6. The molecule has 0 radical (unpaired) electrons. The first-order valence-electron chi connectivity index (χ1n) is 10.7. The Balaban J connectivity index is 1.46. The predicted octanol–water partition coefficient (Wildman–Crippen LogP) is 4.52. The molecule has 0 aliphatic heterocycles. The van der Waals surface area contributed by atoms with Gasteiger partial charge in [-0.2, -0.15) is 0 Å². The van der Waals surface area contributed by atoms with Crippen molar-refractivity contribution in [2.45, 2.75) is 45.4 Å². The summed E-state index contributed by atoms with van der Waals surface area (Å²) in [5.74, 6) is -1.60. The van der Waals surface area contributed by atoms with Crippen LogP contribution >= 0.6 is 11.3 Å². The summed E-state index contributed by atoms with van der Waals surface area (Å²) in [6.45, 7) is 1.53. The molecule has 2 heterocycles. The average Bonchev–Trinajstić information content (AvgIpc) is 3.36. The molecule has 32 heavy (non-hydrogen) atoms. The largest absolute Gasteiger partial charge is 0.462 e. The van der Waals surface area contributed by atoms with Gasteiger partial charge in [-0.3, -0.25) is 4.79 Å². The molecule has 1 aliphatic carbocycles. The maximum Gasteiger partial charge on any atom is 0.341 e. The van der Waals surface area contributed by atoms with E-state index < -0.39 is 24.5 Å². The van der Waals surface area contributed by atoms with Crippen LogP contribution in [0.5, 0.6) is 0 Å². The number of carbonyl (C=O) groups excluding carboxylic acids is 3. The molecular weight excluding hydrogens is 432 g/mol. The van der Waals surface area contributed by atoms with Gasteiger partial charge in [0.05, 0.1) is 17.7 Å². The van der Waals surface area contributed by atoms with Crippen LogP contribution < -0.4 is 5.32 Å². The first kappa shape index (κ1) is 22.0. The fraction of sp³-hybridized carbons (Fsp3) is 0.391. The number of aryl methyl sites for hydroxylation is 1. The third-order valence-corrected chi connectivity index (χ3v) is 6.51. The number of oxazole rings is 1. The summed E-state index contributed by atoms with van der Waals surface area (Å²) >= 11 is 1.41. The molecule has 4 rings (SSSR count). The van der Waals surface area contributed by atoms with Crippen LogP contribution in [0, 0.1) is 0 Å². The van der Waals surface area contributed by atoms with Crippen LogP contribution in [0.2, 0.25) is 0 Å². The molecule has 0 saturated carbocycles. The Labute approximate surface area is 188 Å². The number of benzene rings is 1. The highest BCUT2D eigenvalue weighted by atomic mass is 32.1. The van der Waals surface area contributed by atoms with Gasteiger partial charge >= 0.3 is 11.9 Å². The molecule has 9 heteroatoms. The lowest BCUT2D eigenvalue weighted by atomic mass is 9.96. The topological polar surface area (TPSA) is 108 Å². The van der Waals surface area contributed by atoms with Crippen molar-refractivity contribution in [1.29, 1.82) is 0 Å². The summed E-state index contributed by atoms with van der Waals surface area (Å²) in [5.41, 5.74) is 2.75. The van der Waals surface area contributed by atoms with Crippen molar-refractivity contribution in [3.05, 3.63) is 46.2 Å². The number of nitrogens with zero attached hydrogens (tertiary/aromatic N) is 1. The quantitative estimate of drug-likeness (QED) is 0.543. The Hall–Kier alpha value is -3.20. The molecule has 8 nitrogen and oxygen atoms in total. The van der Waals surface area contributed by atoms with E-state index in [0.29, 0.717) is 21.7 Å². The lowest BCUT2D eigenvalue weighted by Gasteiger charge is -2.11. The van der Waals surface area contributed by atoms with Gasteiger partial charge in [0.15, 0.2) is 18.6 Å². The molecule has 2 aromatic heterocycles. The summed E-state index contributed by atoms with van der Waals surface area (Å²) in [5, 5.41) is 3.21. The molecule has 0 atom stereocenters. The van der Waals surface area contributed by atoms with E-state index in [4.69, 9.17) is 13.9 Å².